The van der Waals surface area contributed by atoms with Crippen molar-refractivity contribution < 1.29 is 19.4 Å². The van der Waals surface area contributed by atoms with Crippen LogP contribution in [-0.2, 0) is 9.53 Å². The van der Waals surface area contributed by atoms with Gasteiger partial charge in [0.25, 0.3) is 0 Å². The van der Waals surface area contributed by atoms with Crippen molar-refractivity contribution >= 4 is 12.0 Å². The van der Waals surface area contributed by atoms with Crippen LogP contribution in [0.15, 0.2) is 11.6 Å². The standard InChI is InChI=1S/C30H48N2O4/c1-20(5-10-27(34)31-15-17-32(18-16-31)28(35)36-4)24-8-9-25-23-7-6-21-19-22(33)11-13-29(21,2)26(23)12-14-30(24,25)3/h6,20,22-26,33H,5,7-19H2,1-4H3/t20-,22+,23+,24-,25+,26+,29+,30-/m1/s1. The number of carbonyl (C=O) groups is 2. The highest BCUT2D eigenvalue weighted by Gasteiger charge is 2.59. The molecular weight excluding hydrogens is 452 g/mol. The molecule has 3 saturated carbocycles. The molecule has 2 amide bonds. The first-order chi connectivity index (χ1) is 17.2. The smallest absolute Gasteiger partial charge is 0.409 e. The third kappa shape index (κ3) is 4.39. The maximum atomic E-state index is 13.0. The van der Waals surface area contributed by atoms with Crippen LogP contribution in [0, 0.1) is 40.4 Å². The molecule has 1 N–H and O–H groups in total. The van der Waals surface area contributed by atoms with Gasteiger partial charge < -0.3 is 19.6 Å². The molecule has 1 heterocycles. The molecule has 5 rings (SSSR count). The van der Waals surface area contributed by atoms with Crippen LogP contribution in [0.5, 0.6) is 0 Å². The first kappa shape index (κ1) is 26.1. The van der Waals surface area contributed by atoms with E-state index in [1.54, 1.807) is 10.5 Å². The molecule has 4 fully saturated rings. The second-order valence-corrected chi connectivity index (χ2v) is 13.2. The van der Waals surface area contributed by atoms with Crippen molar-refractivity contribution in [1.29, 1.82) is 0 Å². The molecule has 0 radical (unpaired) electrons. The van der Waals surface area contributed by atoms with Crippen molar-refractivity contribution in [2.45, 2.75) is 91.1 Å². The monoisotopic (exact) mass is 500 g/mol. The number of ether oxygens (including phenoxy) is 1. The zero-order valence-corrected chi connectivity index (χ0v) is 23.0. The van der Waals surface area contributed by atoms with Crippen molar-refractivity contribution in [1.82, 2.24) is 9.80 Å². The molecule has 0 spiro atoms. The van der Waals surface area contributed by atoms with Gasteiger partial charge in [-0.1, -0.05) is 32.4 Å². The van der Waals surface area contributed by atoms with E-state index < -0.39 is 0 Å². The van der Waals surface area contributed by atoms with Crippen molar-refractivity contribution in [2.24, 2.45) is 40.4 Å². The third-order valence-electron chi connectivity index (χ3n) is 11.7. The summed E-state index contributed by atoms with van der Waals surface area (Å²) in [4.78, 5) is 28.3. The molecule has 5 aliphatic rings. The van der Waals surface area contributed by atoms with E-state index in [0.29, 0.717) is 55.3 Å². The minimum atomic E-state index is -0.297. The number of aliphatic hydroxyl groups is 1. The number of piperazine rings is 1. The van der Waals surface area contributed by atoms with Gasteiger partial charge in [0.15, 0.2) is 0 Å². The highest BCUT2D eigenvalue weighted by Crippen LogP contribution is 2.67. The van der Waals surface area contributed by atoms with Crippen molar-refractivity contribution in [3.05, 3.63) is 11.6 Å². The van der Waals surface area contributed by atoms with Gasteiger partial charge in [0.1, 0.15) is 0 Å². The number of aliphatic hydroxyl groups excluding tert-OH is 1. The summed E-state index contributed by atoms with van der Waals surface area (Å²) in [6, 6.07) is 0. The van der Waals surface area contributed by atoms with E-state index in [1.165, 1.54) is 39.2 Å². The highest BCUT2D eigenvalue weighted by atomic mass is 16.5. The van der Waals surface area contributed by atoms with Crippen LogP contribution in [0.1, 0.15) is 85.0 Å². The van der Waals surface area contributed by atoms with Crippen LogP contribution in [0.3, 0.4) is 0 Å². The number of hydrogen-bond acceptors (Lipinski definition) is 4. The average Bonchev–Trinajstić information content (AvgIpc) is 3.24. The Labute approximate surface area is 217 Å². The quantitative estimate of drug-likeness (QED) is 0.535. The van der Waals surface area contributed by atoms with Crippen LogP contribution < -0.4 is 0 Å². The number of nitrogens with zero attached hydrogens (tertiary/aromatic N) is 2. The predicted molar refractivity (Wildman–Crippen MR) is 140 cm³/mol. The van der Waals surface area contributed by atoms with E-state index >= 15 is 0 Å². The fourth-order valence-electron chi connectivity index (χ4n) is 9.59. The number of allylic oxidation sites excluding steroid dienone is 1. The van der Waals surface area contributed by atoms with Crippen LogP contribution in [-0.4, -0.2) is 66.3 Å². The molecule has 1 aliphatic heterocycles. The summed E-state index contributed by atoms with van der Waals surface area (Å²) in [5.41, 5.74) is 2.25. The Hall–Kier alpha value is -1.56. The molecule has 6 nitrogen and oxygen atoms in total. The van der Waals surface area contributed by atoms with E-state index in [2.05, 4.69) is 26.8 Å². The van der Waals surface area contributed by atoms with Gasteiger partial charge in [0.05, 0.1) is 13.2 Å². The Morgan fingerprint density at radius 2 is 1.78 bits per heavy atom. The molecule has 8 atom stereocenters. The molecule has 0 aromatic carbocycles. The number of rotatable bonds is 4. The molecule has 0 aromatic rings. The van der Waals surface area contributed by atoms with Gasteiger partial charge in [-0.3, -0.25) is 4.79 Å². The van der Waals surface area contributed by atoms with E-state index in [9.17, 15) is 14.7 Å². The maximum absolute atomic E-state index is 13.0. The lowest BCUT2D eigenvalue weighted by Crippen LogP contribution is -2.51. The lowest BCUT2D eigenvalue weighted by atomic mass is 9.47. The zero-order valence-electron chi connectivity index (χ0n) is 23.0. The molecule has 0 aromatic heterocycles. The second kappa shape index (κ2) is 9.96. The fraction of sp³-hybridized carbons (Fsp3) is 0.867. The SMILES string of the molecule is COC(=O)N1CCN(C(=O)CC[C@@H](C)[C@H]2CC[C@H]3[C@@H]4CC=C5C[C@@H](O)CC[C@]5(C)[C@H]4CC[C@]23C)CC1. The maximum Gasteiger partial charge on any atom is 0.409 e. The summed E-state index contributed by atoms with van der Waals surface area (Å²) in [6.45, 7) is 9.84. The average molecular weight is 501 g/mol. The van der Waals surface area contributed by atoms with Gasteiger partial charge in [0.2, 0.25) is 5.91 Å². The molecular formula is C30H48N2O4. The van der Waals surface area contributed by atoms with Crippen molar-refractivity contribution in [3.8, 4) is 0 Å². The van der Waals surface area contributed by atoms with Crippen LogP contribution in [0.4, 0.5) is 4.79 Å². The minimum absolute atomic E-state index is 0.133. The van der Waals surface area contributed by atoms with E-state index in [4.69, 9.17) is 4.74 Å². The molecule has 1 saturated heterocycles. The van der Waals surface area contributed by atoms with E-state index in [1.807, 2.05) is 4.90 Å². The second-order valence-electron chi connectivity index (χ2n) is 13.2. The summed E-state index contributed by atoms with van der Waals surface area (Å²) in [5, 5.41) is 10.3. The normalized spacial score (nSPS) is 41.0. The summed E-state index contributed by atoms with van der Waals surface area (Å²) in [5.74, 6) is 3.88. The van der Waals surface area contributed by atoms with Crippen molar-refractivity contribution in [2.75, 3.05) is 33.3 Å². The zero-order chi connectivity index (χ0) is 25.7. The Kier molecular flexibility index (Phi) is 7.21. The number of amides is 2. The fourth-order valence-corrected chi connectivity index (χ4v) is 9.59. The lowest BCUT2D eigenvalue weighted by Gasteiger charge is -2.58. The molecule has 0 unspecified atom stereocenters. The summed E-state index contributed by atoms with van der Waals surface area (Å²) >= 11 is 0. The Morgan fingerprint density at radius 1 is 1.06 bits per heavy atom. The first-order valence-electron chi connectivity index (χ1n) is 14.7. The van der Waals surface area contributed by atoms with Crippen molar-refractivity contribution in [3.63, 3.8) is 0 Å². The number of methoxy groups -OCH3 is 1. The van der Waals surface area contributed by atoms with Crippen LogP contribution in [0.25, 0.3) is 0 Å². The van der Waals surface area contributed by atoms with E-state index in [0.717, 1.165) is 43.4 Å². The Morgan fingerprint density at radius 3 is 2.50 bits per heavy atom. The Bertz CT molecular complexity index is 880. The molecule has 202 valence electrons. The molecule has 6 heteroatoms. The van der Waals surface area contributed by atoms with Gasteiger partial charge in [-0.15, -0.1) is 0 Å². The number of fused-ring (bicyclic) bond motifs is 5. The Balaban J connectivity index is 1.18. The molecule has 4 aliphatic carbocycles. The minimum Gasteiger partial charge on any atom is -0.453 e. The molecule has 36 heavy (non-hydrogen) atoms. The number of hydrogen-bond donors (Lipinski definition) is 1. The van der Waals surface area contributed by atoms with Crippen LogP contribution in [0.2, 0.25) is 0 Å². The van der Waals surface area contributed by atoms with Gasteiger partial charge in [-0.25, -0.2) is 4.79 Å². The van der Waals surface area contributed by atoms with E-state index in [-0.39, 0.29) is 18.1 Å². The van der Waals surface area contributed by atoms with Gasteiger partial charge in [-0.05, 0) is 98.2 Å². The summed E-state index contributed by atoms with van der Waals surface area (Å²) in [7, 11) is 1.41. The largest absolute Gasteiger partial charge is 0.453 e. The first-order valence-corrected chi connectivity index (χ1v) is 14.7. The highest BCUT2D eigenvalue weighted by molar-refractivity contribution is 5.76. The summed E-state index contributed by atoms with van der Waals surface area (Å²) in [6.07, 6.45) is 13.2. The third-order valence-corrected chi connectivity index (χ3v) is 11.7. The van der Waals surface area contributed by atoms with Gasteiger partial charge >= 0.3 is 6.09 Å². The number of carbonyl (C=O) groups excluding carboxylic acids is 2. The van der Waals surface area contributed by atoms with Gasteiger partial charge in [-0.2, -0.15) is 0 Å². The molecule has 0 bridgehead atoms. The van der Waals surface area contributed by atoms with Crippen LogP contribution >= 0.6 is 0 Å². The predicted octanol–water partition coefficient (Wildman–Crippen LogP) is 5.25. The lowest BCUT2D eigenvalue weighted by molar-refractivity contribution is -0.133. The summed E-state index contributed by atoms with van der Waals surface area (Å²) < 4.78 is 4.81. The topological polar surface area (TPSA) is 70.1 Å². The van der Waals surface area contributed by atoms with Gasteiger partial charge in [0, 0.05) is 32.6 Å².